The summed E-state index contributed by atoms with van der Waals surface area (Å²) in [7, 11) is -1.48. The minimum Gasteiger partial charge on any atom is -0.465 e. The molecule has 0 radical (unpaired) electrons. The molecular weight excluding hydrogens is 436 g/mol. The molecule has 1 unspecified atom stereocenters. The van der Waals surface area contributed by atoms with E-state index in [-0.39, 0.29) is 28.3 Å². The van der Waals surface area contributed by atoms with Gasteiger partial charge in [0.25, 0.3) is 0 Å². The zero-order chi connectivity index (χ0) is 23.5. The van der Waals surface area contributed by atoms with Gasteiger partial charge in [0.05, 0.1) is 30.2 Å². The topological polar surface area (TPSA) is 119 Å². The van der Waals surface area contributed by atoms with Crippen molar-refractivity contribution in [1.82, 2.24) is 4.31 Å². The number of benzene rings is 2. The van der Waals surface area contributed by atoms with Gasteiger partial charge in [-0.05, 0) is 50.1 Å². The second-order valence-electron chi connectivity index (χ2n) is 7.36. The number of nitrogens with zero attached hydrogens (tertiary/aromatic N) is 1. The van der Waals surface area contributed by atoms with Crippen molar-refractivity contribution in [2.24, 2.45) is 0 Å². The van der Waals surface area contributed by atoms with Crippen molar-refractivity contribution in [2.75, 3.05) is 26.1 Å². The first-order valence-corrected chi connectivity index (χ1v) is 11.3. The zero-order valence-corrected chi connectivity index (χ0v) is 18.8. The fourth-order valence-electron chi connectivity index (χ4n) is 3.53. The summed E-state index contributed by atoms with van der Waals surface area (Å²) in [5.41, 5.74) is 1.16. The SMILES string of the molecule is COC(=O)c1cc(NC(=O)C2CCCN2S(=O)(=O)c2ccc(C)cc2)cc(C(=O)OC)c1. The highest BCUT2D eigenvalue weighted by Crippen LogP contribution is 2.27. The van der Waals surface area contributed by atoms with Crippen molar-refractivity contribution < 1.29 is 32.3 Å². The summed E-state index contributed by atoms with van der Waals surface area (Å²) >= 11 is 0. The molecule has 1 saturated heterocycles. The average Bonchev–Trinajstić information content (AvgIpc) is 3.29. The van der Waals surface area contributed by atoms with Gasteiger partial charge in [-0.1, -0.05) is 17.7 Å². The van der Waals surface area contributed by atoms with Crippen molar-refractivity contribution in [3.05, 3.63) is 59.2 Å². The van der Waals surface area contributed by atoms with E-state index >= 15 is 0 Å². The Kier molecular flexibility index (Phi) is 6.95. The number of aryl methyl sites for hydroxylation is 1. The third-order valence-corrected chi connectivity index (χ3v) is 7.10. The Labute approximate surface area is 186 Å². The Morgan fingerprint density at radius 1 is 0.969 bits per heavy atom. The molecule has 9 nitrogen and oxygen atoms in total. The maximum absolute atomic E-state index is 13.1. The maximum Gasteiger partial charge on any atom is 0.337 e. The normalized spacial score (nSPS) is 16.4. The van der Waals surface area contributed by atoms with E-state index in [4.69, 9.17) is 9.47 Å². The van der Waals surface area contributed by atoms with Gasteiger partial charge in [-0.2, -0.15) is 4.31 Å². The van der Waals surface area contributed by atoms with Gasteiger partial charge in [0.15, 0.2) is 0 Å². The monoisotopic (exact) mass is 460 g/mol. The van der Waals surface area contributed by atoms with E-state index in [1.54, 1.807) is 12.1 Å². The summed E-state index contributed by atoms with van der Waals surface area (Å²) in [4.78, 5) is 37.0. The molecule has 1 N–H and O–H groups in total. The van der Waals surface area contributed by atoms with Crippen LogP contribution in [0.4, 0.5) is 5.69 Å². The molecule has 1 aliphatic rings. The molecule has 32 heavy (non-hydrogen) atoms. The predicted octanol–water partition coefficient (Wildman–Crippen LogP) is 2.36. The first-order valence-electron chi connectivity index (χ1n) is 9.88. The van der Waals surface area contributed by atoms with Crippen molar-refractivity contribution >= 4 is 33.6 Å². The van der Waals surface area contributed by atoms with E-state index in [9.17, 15) is 22.8 Å². The van der Waals surface area contributed by atoms with Gasteiger partial charge >= 0.3 is 11.9 Å². The van der Waals surface area contributed by atoms with E-state index in [0.717, 1.165) is 5.56 Å². The third-order valence-electron chi connectivity index (χ3n) is 5.18. The molecule has 2 aromatic rings. The Hall–Kier alpha value is -3.24. The highest BCUT2D eigenvalue weighted by molar-refractivity contribution is 7.89. The lowest BCUT2D eigenvalue weighted by atomic mass is 10.1. The standard InChI is InChI=1S/C22H24N2O7S/c1-14-6-8-18(9-7-14)32(28,29)24-10-4-5-19(24)20(25)23-17-12-15(21(26)30-2)11-16(13-17)22(27)31-3/h6-9,11-13,19H,4-5,10H2,1-3H3,(H,23,25). The van der Waals surface area contributed by atoms with Crippen LogP contribution in [0.2, 0.25) is 0 Å². The van der Waals surface area contributed by atoms with Crippen LogP contribution in [0.1, 0.15) is 39.1 Å². The third kappa shape index (κ3) is 4.81. The Morgan fingerprint density at radius 2 is 1.53 bits per heavy atom. The number of methoxy groups -OCH3 is 2. The van der Waals surface area contributed by atoms with E-state index in [1.165, 1.54) is 48.9 Å². The van der Waals surface area contributed by atoms with Crippen LogP contribution in [0.3, 0.4) is 0 Å². The van der Waals surface area contributed by atoms with E-state index in [2.05, 4.69) is 5.32 Å². The first kappa shape index (κ1) is 23.4. The molecule has 0 aromatic heterocycles. The number of rotatable bonds is 6. The molecule has 3 rings (SSSR count). The highest BCUT2D eigenvalue weighted by atomic mass is 32.2. The van der Waals surface area contributed by atoms with Crippen LogP contribution in [-0.4, -0.2) is 57.4 Å². The number of nitrogens with one attached hydrogen (secondary N) is 1. The molecule has 0 saturated carbocycles. The molecule has 10 heteroatoms. The summed E-state index contributed by atoms with van der Waals surface area (Å²) in [5, 5.41) is 2.62. The minimum absolute atomic E-state index is 0.0428. The first-order chi connectivity index (χ1) is 15.2. The molecule has 0 spiro atoms. The van der Waals surface area contributed by atoms with Crippen LogP contribution in [0, 0.1) is 6.92 Å². The van der Waals surface area contributed by atoms with Gasteiger partial charge in [0, 0.05) is 12.2 Å². The number of hydrogen-bond acceptors (Lipinski definition) is 7. The summed E-state index contributed by atoms with van der Waals surface area (Å²) in [6, 6.07) is 9.49. The van der Waals surface area contributed by atoms with Gasteiger partial charge in [-0.25, -0.2) is 18.0 Å². The number of amides is 1. The summed E-state index contributed by atoms with van der Waals surface area (Å²) in [6.07, 6.45) is 0.871. The smallest absolute Gasteiger partial charge is 0.337 e. The van der Waals surface area contributed by atoms with Crippen LogP contribution in [0.5, 0.6) is 0 Å². The maximum atomic E-state index is 13.1. The van der Waals surface area contributed by atoms with Crippen molar-refractivity contribution in [1.29, 1.82) is 0 Å². The average molecular weight is 461 g/mol. The Bertz CT molecular complexity index is 1110. The molecule has 1 aliphatic heterocycles. The molecular formula is C22H24N2O7S. The number of carbonyl (C=O) groups is 3. The van der Waals surface area contributed by atoms with Crippen LogP contribution >= 0.6 is 0 Å². The second kappa shape index (κ2) is 9.49. The lowest BCUT2D eigenvalue weighted by Gasteiger charge is -2.23. The van der Waals surface area contributed by atoms with Gasteiger partial charge in [0.2, 0.25) is 15.9 Å². The summed E-state index contributed by atoms with van der Waals surface area (Å²) in [6.45, 7) is 2.07. The van der Waals surface area contributed by atoms with Gasteiger partial charge in [-0.3, -0.25) is 4.79 Å². The predicted molar refractivity (Wildman–Crippen MR) is 116 cm³/mol. The van der Waals surface area contributed by atoms with E-state index < -0.39 is 33.9 Å². The van der Waals surface area contributed by atoms with Crippen LogP contribution in [0.15, 0.2) is 47.4 Å². The quantitative estimate of drug-likeness (QED) is 0.657. The molecule has 170 valence electrons. The summed E-state index contributed by atoms with van der Waals surface area (Å²) in [5.74, 6) is -1.96. The number of carbonyl (C=O) groups excluding carboxylic acids is 3. The Balaban J connectivity index is 1.88. The Morgan fingerprint density at radius 3 is 2.06 bits per heavy atom. The molecule has 1 atom stereocenters. The van der Waals surface area contributed by atoms with Gasteiger partial charge in [-0.15, -0.1) is 0 Å². The van der Waals surface area contributed by atoms with Crippen molar-refractivity contribution in [3.63, 3.8) is 0 Å². The number of hydrogen-bond donors (Lipinski definition) is 1. The fourth-order valence-corrected chi connectivity index (χ4v) is 5.19. The van der Waals surface area contributed by atoms with Crippen molar-refractivity contribution in [3.8, 4) is 0 Å². The van der Waals surface area contributed by atoms with Gasteiger partial charge in [0.1, 0.15) is 6.04 Å². The number of sulfonamides is 1. The van der Waals surface area contributed by atoms with E-state index in [0.29, 0.717) is 12.8 Å². The minimum atomic E-state index is -3.87. The van der Waals surface area contributed by atoms with E-state index in [1.807, 2.05) is 6.92 Å². The van der Waals surface area contributed by atoms with Crippen LogP contribution < -0.4 is 5.32 Å². The number of anilines is 1. The molecule has 0 aliphatic carbocycles. The van der Waals surface area contributed by atoms with Crippen LogP contribution in [-0.2, 0) is 24.3 Å². The molecule has 0 bridgehead atoms. The fraction of sp³-hybridized carbons (Fsp3) is 0.318. The lowest BCUT2D eigenvalue weighted by Crippen LogP contribution is -2.43. The summed E-state index contributed by atoms with van der Waals surface area (Å²) < 4.78 is 36.8. The van der Waals surface area contributed by atoms with Crippen LogP contribution in [0.25, 0.3) is 0 Å². The largest absolute Gasteiger partial charge is 0.465 e. The molecule has 1 fully saturated rings. The molecule has 2 aromatic carbocycles. The lowest BCUT2D eigenvalue weighted by molar-refractivity contribution is -0.119. The second-order valence-corrected chi connectivity index (χ2v) is 9.25. The zero-order valence-electron chi connectivity index (χ0n) is 18.0. The number of esters is 2. The molecule has 1 heterocycles. The number of ether oxygens (including phenoxy) is 2. The van der Waals surface area contributed by atoms with Gasteiger partial charge < -0.3 is 14.8 Å². The molecule has 1 amide bonds. The highest BCUT2D eigenvalue weighted by Gasteiger charge is 2.39. The van der Waals surface area contributed by atoms with Crippen molar-refractivity contribution in [2.45, 2.75) is 30.7 Å².